The quantitative estimate of drug-likeness (QED) is 0.637. The van der Waals surface area contributed by atoms with Gasteiger partial charge in [-0.25, -0.2) is 4.98 Å². The molecule has 1 aromatic carbocycles. The first-order chi connectivity index (χ1) is 15.8. The Labute approximate surface area is 190 Å². The molecule has 170 valence electrons. The number of pyridine rings is 2. The number of hydrogen-bond acceptors (Lipinski definition) is 6. The van der Waals surface area contributed by atoms with Crippen molar-refractivity contribution in [2.75, 3.05) is 23.9 Å². The Morgan fingerprint density at radius 2 is 2.09 bits per heavy atom. The van der Waals surface area contributed by atoms with Crippen LogP contribution in [-0.4, -0.2) is 35.1 Å². The van der Waals surface area contributed by atoms with Gasteiger partial charge in [0.25, 0.3) is 5.91 Å². The zero-order valence-electron chi connectivity index (χ0n) is 18.9. The number of amides is 1. The predicted octanol–water partition coefficient (Wildman–Crippen LogP) is 3.51. The Kier molecular flexibility index (Phi) is 4.32. The Bertz CT molecular complexity index is 1370. The maximum absolute atomic E-state index is 13.6. The van der Waals surface area contributed by atoms with Gasteiger partial charge in [-0.3, -0.25) is 9.59 Å². The maximum Gasteiger partial charge on any atom is 0.259 e. The number of carbonyl (C=O) groups is 1. The molecule has 2 N–H and O–H groups in total. The summed E-state index contributed by atoms with van der Waals surface area (Å²) in [5.41, 5.74) is 4.34. The molecule has 33 heavy (non-hydrogen) atoms. The number of nitrogens with zero attached hydrogens (tertiary/aromatic N) is 2. The highest BCUT2D eigenvalue weighted by atomic mass is 16.5. The van der Waals surface area contributed by atoms with Gasteiger partial charge in [-0.1, -0.05) is 0 Å². The molecule has 2 bridgehead atoms. The number of aromatic amines is 1. The van der Waals surface area contributed by atoms with Crippen molar-refractivity contribution in [2.24, 2.45) is 5.92 Å². The molecule has 3 aromatic rings. The van der Waals surface area contributed by atoms with E-state index in [1.807, 2.05) is 19.1 Å². The normalized spacial score (nSPS) is 22.9. The molecule has 4 aliphatic rings. The van der Waals surface area contributed by atoms with E-state index >= 15 is 0 Å². The van der Waals surface area contributed by atoms with Crippen LogP contribution in [-0.2, 0) is 18.0 Å². The smallest absolute Gasteiger partial charge is 0.259 e. The number of aryl methyl sites for hydroxylation is 1. The third-order valence-electron chi connectivity index (χ3n) is 7.32. The van der Waals surface area contributed by atoms with Crippen molar-refractivity contribution >= 4 is 28.3 Å². The third kappa shape index (κ3) is 3.12. The summed E-state index contributed by atoms with van der Waals surface area (Å²) in [6.45, 7) is 6.00. The standard InChI is InChI=1S/C25H26N4O4/c1-13-4-21(30)28-22-17(13)6-16(7-20(22)32-3)26-24(31)18-5-15-11-33-12-19(15)27-23(18)29-10-14-8-25(29,2)9-14/h4-7,14H,8-12H2,1-3H3,(H,26,31)(H,28,30). The first kappa shape index (κ1) is 20.2. The van der Waals surface area contributed by atoms with Crippen molar-refractivity contribution < 1.29 is 14.3 Å². The predicted molar refractivity (Wildman–Crippen MR) is 125 cm³/mol. The zero-order chi connectivity index (χ0) is 22.9. The van der Waals surface area contributed by atoms with Gasteiger partial charge in [0.15, 0.2) is 0 Å². The third-order valence-corrected chi connectivity index (χ3v) is 7.32. The SMILES string of the molecule is COc1cc(NC(=O)c2cc3c(nc2N2CC4CC2(C)C4)COC3)cc2c(C)cc(=O)[nH]c12. The molecule has 1 aliphatic carbocycles. The lowest BCUT2D eigenvalue weighted by molar-refractivity contribution is 0.102. The lowest BCUT2D eigenvalue weighted by Gasteiger charge is -2.39. The number of ether oxygens (including phenoxy) is 2. The minimum Gasteiger partial charge on any atom is -0.494 e. The molecule has 5 heterocycles. The summed E-state index contributed by atoms with van der Waals surface area (Å²) < 4.78 is 11.1. The number of fused-ring (bicyclic) bond motifs is 3. The second kappa shape index (κ2) is 7.05. The highest BCUT2D eigenvalue weighted by Crippen LogP contribution is 2.52. The highest BCUT2D eigenvalue weighted by molar-refractivity contribution is 6.09. The van der Waals surface area contributed by atoms with Gasteiger partial charge < -0.3 is 24.7 Å². The number of anilines is 2. The van der Waals surface area contributed by atoms with E-state index in [1.165, 1.54) is 6.07 Å². The van der Waals surface area contributed by atoms with E-state index in [9.17, 15) is 9.59 Å². The number of benzene rings is 1. The summed E-state index contributed by atoms with van der Waals surface area (Å²) in [4.78, 5) is 35.5. The van der Waals surface area contributed by atoms with Crippen LogP contribution >= 0.6 is 0 Å². The van der Waals surface area contributed by atoms with Crippen LogP contribution in [0.2, 0.25) is 0 Å². The number of rotatable bonds is 4. The van der Waals surface area contributed by atoms with E-state index in [-0.39, 0.29) is 17.0 Å². The molecule has 1 amide bonds. The lowest BCUT2D eigenvalue weighted by atomic mass is 9.75. The van der Waals surface area contributed by atoms with Gasteiger partial charge in [0.05, 0.1) is 37.1 Å². The van der Waals surface area contributed by atoms with Crippen molar-refractivity contribution in [3.05, 3.63) is 57.0 Å². The average molecular weight is 447 g/mol. The molecule has 3 aliphatic heterocycles. The van der Waals surface area contributed by atoms with Crippen molar-refractivity contribution in [3.63, 3.8) is 0 Å². The minimum atomic E-state index is -0.219. The topological polar surface area (TPSA) is 96.5 Å². The molecular formula is C25H26N4O4. The van der Waals surface area contributed by atoms with Gasteiger partial charge in [0.2, 0.25) is 5.56 Å². The molecule has 0 atom stereocenters. The number of methoxy groups -OCH3 is 1. The summed E-state index contributed by atoms with van der Waals surface area (Å²) >= 11 is 0. The average Bonchev–Trinajstić information content (AvgIpc) is 3.44. The molecule has 2 saturated heterocycles. The van der Waals surface area contributed by atoms with Gasteiger partial charge >= 0.3 is 0 Å². The van der Waals surface area contributed by atoms with Crippen LogP contribution < -0.4 is 20.5 Å². The van der Waals surface area contributed by atoms with Crippen LogP contribution in [0.15, 0.2) is 29.1 Å². The van der Waals surface area contributed by atoms with E-state index < -0.39 is 0 Å². The second-order valence-electron chi connectivity index (χ2n) is 9.71. The first-order valence-electron chi connectivity index (χ1n) is 11.3. The minimum absolute atomic E-state index is 0.0650. The molecule has 7 rings (SSSR count). The van der Waals surface area contributed by atoms with E-state index in [4.69, 9.17) is 14.5 Å². The molecule has 0 spiro atoms. The number of carbonyl (C=O) groups excluding carboxylic acids is 1. The van der Waals surface area contributed by atoms with E-state index in [1.54, 1.807) is 13.2 Å². The van der Waals surface area contributed by atoms with Crippen molar-refractivity contribution in [1.29, 1.82) is 0 Å². The van der Waals surface area contributed by atoms with Crippen molar-refractivity contribution in [3.8, 4) is 5.75 Å². The van der Waals surface area contributed by atoms with Crippen LogP contribution in [0.4, 0.5) is 11.5 Å². The van der Waals surface area contributed by atoms with Crippen LogP contribution in [0.5, 0.6) is 5.75 Å². The number of nitrogens with one attached hydrogen (secondary N) is 2. The molecule has 8 heteroatoms. The molecule has 0 radical (unpaired) electrons. The molecule has 1 saturated carbocycles. The summed E-state index contributed by atoms with van der Waals surface area (Å²) in [7, 11) is 1.55. The van der Waals surface area contributed by atoms with E-state index in [0.717, 1.165) is 47.4 Å². The highest BCUT2D eigenvalue weighted by Gasteiger charge is 2.53. The molecular weight excluding hydrogens is 420 g/mol. The Morgan fingerprint density at radius 1 is 1.27 bits per heavy atom. The number of H-pyrrole nitrogens is 1. The summed E-state index contributed by atoms with van der Waals surface area (Å²) in [6.07, 6.45) is 2.28. The van der Waals surface area contributed by atoms with E-state index in [2.05, 4.69) is 22.1 Å². The summed E-state index contributed by atoms with van der Waals surface area (Å²) in [6, 6.07) is 7.06. The second-order valence-corrected chi connectivity index (χ2v) is 9.71. The van der Waals surface area contributed by atoms with Gasteiger partial charge in [0, 0.05) is 40.9 Å². The van der Waals surface area contributed by atoms with Crippen molar-refractivity contribution in [1.82, 2.24) is 9.97 Å². The van der Waals surface area contributed by atoms with Crippen LogP contribution in [0, 0.1) is 12.8 Å². The van der Waals surface area contributed by atoms with Crippen LogP contribution in [0.25, 0.3) is 10.9 Å². The first-order valence-corrected chi connectivity index (χ1v) is 11.3. The monoisotopic (exact) mass is 446 g/mol. The molecule has 0 unspecified atom stereocenters. The maximum atomic E-state index is 13.6. The number of aromatic nitrogens is 2. The van der Waals surface area contributed by atoms with Gasteiger partial charge in [-0.15, -0.1) is 0 Å². The molecule has 2 aromatic heterocycles. The fraction of sp³-hybridized carbons (Fsp3) is 0.400. The lowest BCUT2D eigenvalue weighted by Crippen LogP contribution is -2.44. The Hall–Kier alpha value is -3.39. The largest absolute Gasteiger partial charge is 0.494 e. The Balaban J connectivity index is 1.41. The Morgan fingerprint density at radius 3 is 2.82 bits per heavy atom. The zero-order valence-corrected chi connectivity index (χ0v) is 18.9. The fourth-order valence-electron chi connectivity index (χ4n) is 5.74. The molecule has 8 nitrogen and oxygen atoms in total. The van der Waals surface area contributed by atoms with Crippen molar-refractivity contribution in [2.45, 2.75) is 45.4 Å². The van der Waals surface area contributed by atoms with Gasteiger partial charge in [-0.05, 0) is 50.3 Å². The van der Waals surface area contributed by atoms with Crippen LogP contribution in [0.3, 0.4) is 0 Å². The number of hydrogen-bond donors (Lipinski definition) is 2. The van der Waals surface area contributed by atoms with Crippen LogP contribution in [0.1, 0.15) is 46.9 Å². The molecule has 3 fully saturated rings. The summed E-state index contributed by atoms with van der Waals surface area (Å²) in [5.74, 6) is 1.69. The van der Waals surface area contributed by atoms with Gasteiger partial charge in [0.1, 0.15) is 11.6 Å². The fourth-order valence-corrected chi connectivity index (χ4v) is 5.74. The van der Waals surface area contributed by atoms with E-state index in [0.29, 0.717) is 41.6 Å². The van der Waals surface area contributed by atoms with Gasteiger partial charge in [-0.2, -0.15) is 0 Å². The summed E-state index contributed by atoms with van der Waals surface area (Å²) in [5, 5.41) is 3.86.